The molecule has 9 nitrogen and oxygen atoms in total. The Morgan fingerprint density at radius 1 is 0.608 bits per heavy atom. The Kier molecular flexibility index (Phi) is 35.8. The zero-order chi connectivity index (χ0) is 37.5. The van der Waals surface area contributed by atoms with Crippen LogP contribution in [0.4, 0.5) is 0 Å². The van der Waals surface area contributed by atoms with Gasteiger partial charge < -0.3 is 20.1 Å². The summed E-state index contributed by atoms with van der Waals surface area (Å²) in [5.41, 5.74) is 5.33. The number of rotatable bonds is 36. The Morgan fingerprint density at radius 3 is 1.61 bits per heavy atom. The number of ether oxygens (including phenoxy) is 2. The maximum Gasteiger partial charge on any atom is 0.472 e. The molecule has 0 aromatic heterocycles. The largest absolute Gasteiger partial charge is 0.472 e. The van der Waals surface area contributed by atoms with Crippen LogP contribution in [-0.4, -0.2) is 49.3 Å². The predicted molar refractivity (Wildman–Crippen MR) is 210 cm³/mol. The first kappa shape index (κ1) is 48.7. The second-order valence-corrected chi connectivity index (χ2v) is 14.2. The lowest BCUT2D eigenvalue weighted by Gasteiger charge is -2.19. The number of carbonyl (C=O) groups excluding carboxylic acids is 2. The van der Waals surface area contributed by atoms with E-state index in [1.54, 1.807) is 0 Å². The van der Waals surface area contributed by atoms with Crippen molar-refractivity contribution in [1.29, 1.82) is 0 Å². The second kappa shape index (κ2) is 37.5. The number of phosphoric acid groups is 1. The van der Waals surface area contributed by atoms with Gasteiger partial charge in [-0.25, -0.2) is 4.57 Å². The second-order valence-electron chi connectivity index (χ2n) is 12.8. The van der Waals surface area contributed by atoms with Crippen LogP contribution < -0.4 is 5.73 Å². The lowest BCUT2D eigenvalue weighted by molar-refractivity contribution is -0.161. The van der Waals surface area contributed by atoms with E-state index in [1.165, 1.54) is 51.4 Å². The normalized spacial score (nSPS) is 14.0. The number of esters is 2. The maximum atomic E-state index is 12.5. The van der Waals surface area contributed by atoms with Crippen molar-refractivity contribution in [2.45, 2.75) is 161 Å². The van der Waals surface area contributed by atoms with Crippen molar-refractivity contribution in [3.05, 3.63) is 60.8 Å². The van der Waals surface area contributed by atoms with Crippen LogP contribution in [0.25, 0.3) is 0 Å². The summed E-state index contributed by atoms with van der Waals surface area (Å²) in [5.74, 6) is -0.871. The number of hydrogen-bond donors (Lipinski definition) is 2. The third-order valence-electron chi connectivity index (χ3n) is 7.92. The van der Waals surface area contributed by atoms with E-state index < -0.39 is 32.5 Å². The van der Waals surface area contributed by atoms with E-state index >= 15 is 0 Å². The van der Waals surface area contributed by atoms with Gasteiger partial charge in [0, 0.05) is 19.4 Å². The fraction of sp³-hybridized carbons (Fsp3) is 0.707. The van der Waals surface area contributed by atoms with Crippen LogP contribution in [-0.2, 0) is 32.7 Å². The summed E-state index contributed by atoms with van der Waals surface area (Å²) in [7, 11) is -4.38. The molecule has 0 aliphatic heterocycles. The van der Waals surface area contributed by atoms with Crippen LogP contribution in [0.5, 0.6) is 0 Å². The lowest BCUT2D eigenvalue weighted by atomic mass is 10.1. The molecular formula is C41H72NO8P. The van der Waals surface area contributed by atoms with Gasteiger partial charge in [0.05, 0.1) is 13.2 Å². The van der Waals surface area contributed by atoms with Crippen LogP contribution in [0.3, 0.4) is 0 Å². The molecule has 1 unspecified atom stereocenters. The Labute approximate surface area is 310 Å². The Bertz CT molecular complexity index is 1020. The van der Waals surface area contributed by atoms with Gasteiger partial charge in [0.1, 0.15) is 6.61 Å². The molecule has 0 saturated carbocycles. The molecule has 0 amide bonds. The molecule has 0 spiro atoms. The third kappa shape index (κ3) is 37.3. The molecule has 2 atom stereocenters. The first-order valence-electron chi connectivity index (χ1n) is 19.8. The van der Waals surface area contributed by atoms with Crippen LogP contribution in [0, 0.1) is 0 Å². The SMILES string of the molecule is CC/C=C\C/C=C\C/C=C\C/C=C\C/C=C\CCCCCC(=O)O[C@H](COC(=O)CCCCCCCCCCCCC)COP(=O)(O)OCCN. The number of allylic oxidation sites excluding steroid dienone is 10. The average Bonchev–Trinajstić information content (AvgIpc) is 3.11. The summed E-state index contributed by atoms with van der Waals surface area (Å²) in [6.45, 7) is 3.55. The number of carbonyl (C=O) groups is 2. The van der Waals surface area contributed by atoms with Gasteiger partial charge in [0.15, 0.2) is 6.10 Å². The van der Waals surface area contributed by atoms with Gasteiger partial charge in [-0.3, -0.25) is 18.6 Å². The van der Waals surface area contributed by atoms with Crippen molar-refractivity contribution in [3.63, 3.8) is 0 Å². The van der Waals surface area contributed by atoms with Crippen molar-refractivity contribution >= 4 is 19.8 Å². The van der Waals surface area contributed by atoms with Crippen molar-refractivity contribution < 1.29 is 37.6 Å². The van der Waals surface area contributed by atoms with Crippen LogP contribution in [0.15, 0.2) is 60.8 Å². The molecule has 0 rings (SSSR count). The highest BCUT2D eigenvalue weighted by Gasteiger charge is 2.25. The summed E-state index contributed by atoms with van der Waals surface area (Å²) in [5, 5.41) is 0. The van der Waals surface area contributed by atoms with Gasteiger partial charge in [0.25, 0.3) is 0 Å². The van der Waals surface area contributed by atoms with E-state index in [9.17, 15) is 19.0 Å². The van der Waals surface area contributed by atoms with Crippen molar-refractivity contribution in [2.75, 3.05) is 26.4 Å². The maximum absolute atomic E-state index is 12.5. The van der Waals surface area contributed by atoms with Gasteiger partial charge in [-0.2, -0.15) is 0 Å². The zero-order valence-corrected chi connectivity index (χ0v) is 33.0. The first-order valence-corrected chi connectivity index (χ1v) is 21.3. The fourth-order valence-corrected chi connectivity index (χ4v) is 5.78. The number of phosphoric ester groups is 1. The quantitative estimate of drug-likeness (QED) is 0.0279. The van der Waals surface area contributed by atoms with E-state index in [4.69, 9.17) is 24.3 Å². The van der Waals surface area contributed by atoms with Crippen LogP contribution in [0.1, 0.15) is 155 Å². The molecule has 51 heavy (non-hydrogen) atoms. The van der Waals surface area contributed by atoms with Crippen molar-refractivity contribution in [1.82, 2.24) is 0 Å². The molecule has 0 aromatic rings. The molecule has 0 bridgehead atoms. The minimum absolute atomic E-state index is 0.0457. The Balaban J connectivity index is 4.28. The molecule has 10 heteroatoms. The first-order chi connectivity index (χ1) is 24.8. The molecule has 0 aliphatic carbocycles. The molecule has 0 aliphatic rings. The van der Waals surface area contributed by atoms with Gasteiger partial charge in [0.2, 0.25) is 0 Å². The van der Waals surface area contributed by atoms with Crippen LogP contribution in [0.2, 0.25) is 0 Å². The minimum atomic E-state index is -4.38. The smallest absolute Gasteiger partial charge is 0.462 e. The average molecular weight is 738 g/mol. The molecule has 0 radical (unpaired) electrons. The van der Waals surface area contributed by atoms with Crippen molar-refractivity contribution in [3.8, 4) is 0 Å². The van der Waals surface area contributed by atoms with Crippen molar-refractivity contribution in [2.24, 2.45) is 5.73 Å². The molecule has 0 aromatic carbocycles. The number of hydrogen-bond acceptors (Lipinski definition) is 8. The highest BCUT2D eigenvalue weighted by molar-refractivity contribution is 7.47. The predicted octanol–water partition coefficient (Wildman–Crippen LogP) is 10.9. The lowest BCUT2D eigenvalue weighted by Crippen LogP contribution is -2.29. The summed E-state index contributed by atoms with van der Waals surface area (Å²) >= 11 is 0. The molecule has 294 valence electrons. The molecule has 0 fully saturated rings. The highest BCUT2D eigenvalue weighted by atomic mass is 31.2. The zero-order valence-electron chi connectivity index (χ0n) is 32.1. The third-order valence-corrected chi connectivity index (χ3v) is 8.90. The van der Waals surface area contributed by atoms with E-state index in [0.29, 0.717) is 6.42 Å². The van der Waals surface area contributed by atoms with E-state index in [2.05, 4.69) is 74.6 Å². The highest BCUT2D eigenvalue weighted by Crippen LogP contribution is 2.43. The monoisotopic (exact) mass is 737 g/mol. The minimum Gasteiger partial charge on any atom is -0.462 e. The van der Waals surface area contributed by atoms with Gasteiger partial charge in [-0.1, -0.05) is 145 Å². The number of nitrogens with two attached hydrogens (primary N) is 1. The fourth-order valence-electron chi connectivity index (χ4n) is 5.01. The van der Waals surface area contributed by atoms with Gasteiger partial charge in [-0.15, -0.1) is 0 Å². The Hall–Kier alpha value is -2.29. The summed E-state index contributed by atoms with van der Waals surface area (Å²) in [6, 6.07) is 0. The molecule has 0 saturated heterocycles. The van der Waals surface area contributed by atoms with Gasteiger partial charge in [-0.05, 0) is 57.8 Å². The molecule has 3 N–H and O–H groups in total. The summed E-state index contributed by atoms with van der Waals surface area (Å²) in [6.07, 6.45) is 42.5. The van der Waals surface area contributed by atoms with E-state index in [0.717, 1.165) is 70.6 Å². The van der Waals surface area contributed by atoms with E-state index in [-0.39, 0.29) is 32.6 Å². The molecule has 0 heterocycles. The standard InChI is InChI=1S/C41H72NO8P/c1-3-5-7-9-11-13-15-16-17-18-19-20-21-22-24-26-28-30-32-34-41(44)50-39(38-49-51(45,46)48-36-35-42)37-47-40(43)33-31-29-27-25-23-14-12-10-8-6-4-2/h5,7,11,13,16-17,19-20,22,24,39H,3-4,6,8-10,12,14-15,18,21,23,25-38,42H2,1-2H3,(H,45,46)/b7-5-,13-11-,17-16-,20-19-,24-22-/t39-/m1/s1. The number of unbranched alkanes of at least 4 members (excludes halogenated alkanes) is 13. The van der Waals surface area contributed by atoms with Gasteiger partial charge >= 0.3 is 19.8 Å². The Morgan fingerprint density at radius 2 is 1.08 bits per heavy atom. The van der Waals surface area contributed by atoms with E-state index in [1.807, 2.05) is 0 Å². The topological polar surface area (TPSA) is 134 Å². The molecular weight excluding hydrogens is 665 g/mol. The summed E-state index contributed by atoms with van der Waals surface area (Å²) in [4.78, 5) is 34.7. The summed E-state index contributed by atoms with van der Waals surface area (Å²) < 4.78 is 32.6. The van der Waals surface area contributed by atoms with Crippen LogP contribution >= 0.6 is 7.82 Å².